The van der Waals surface area contributed by atoms with Crippen LogP contribution in [0.25, 0.3) is 0 Å². The molecule has 158 valence electrons. The van der Waals surface area contributed by atoms with Crippen LogP contribution >= 0.6 is 12.4 Å². The topological polar surface area (TPSA) is 87.7 Å². The molecule has 0 spiro atoms. The van der Waals surface area contributed by atoms with Crippen LogP contribution in [0, 0.1) is 5.92 Å². The summed E-state index contributed by atoms with van der Waals surface area (Å²) in [5.74, 6) is 0.604. The third kappa shape index (κ3) is 5.37. The van der Waals surface area contributed by atoms with Gasteiger partial charge in [0, 0.05) is 25.2 Å². The fraction of sp³-hybridized carbons (Fsp3) is 0.632. The van der Waals surface area contributed by atoms with Crippen LogP contribution in [0.15, 0.2) is 23.1 Å². The van der Waals surface area contributed by atoms with Crippen molar-refractivity contribution in [3.8, 4) is 5.75 Å². The van der Waals surface area contributed by atoms with E-state index >= 15 is 0 Å². The Morgan fingerprint density at radius 1 is 1.29 bits per heavy atom. The Bertz CT molecular complexity index is 760. The zero-order valence-electron chi connectivity index (χ0n) is 16.3. The van der Waals surface area contributed by atoms with E-state index in [0.717, 1.165) is 32.4 Å². The quantitative estimate of drug-likeness (QED) is 0.689. The average Bonchev–Trinajstić information content (AvgIpc) is 3.24. The molecule has 2 fully saturated rings. The van der Waals surface area contributed by atoms with E-state index in [4.69, 9.17) is 4.74 Å². The Morgan fingerprint density at radius 3 is 2.68 bits per heavy atom. The molecule has 0 aliphatic carbocycles. The maximum atomic E-state index is 12.9. The van der Waals surface area contributed by atoms with Crippen molar-refractivity contribution in [3.05, 3.63) is 23.8 Å². The number of carbonyl (C=O) groups is 1. The van der Waals surface area contributed by atoms with Crippen LogP contribution in [0.5, 0.6) is 5.75 Å². The Hall–Kier alpha value is -1.35. The van der Waals surface area contributed by atoms with E-state index < -0.39 is 10.0 Å². The fourth-order valence-electron chi connectivity index (χ4n) is 3.75. The van der Waals surface area contributed by atoms with Gasteiger partial charge >= 0.3 is 0 Å². The maximum absolute atomic E-state index is 12.9. The predicted octanol–water partition coefficient (Wildman–Crippen LogP) is 2.02. The standard InChI is InChI=1S/C19H29N3O4S.ClH/c1-26-17-7-6-16(13-18(17)27(24,25)22-11-2-3-12-22)19(23)21-10-8-15-5-4-9-20-14-15;/h6-7,13,15,20H,2-5,8-12,14H2,1H3,(H,21,23);1H. The summed E-state index contributed by atoms with van der Waals surface area (Å²) in [6.07, 6.45) is 5.00. The van der Waals surface area contributed by atoms with Gasteiger partial charge in [0.1, 0.15) is 10.6 Å². The molecule has 1 aromatic rings. The van der Waals surface area contributed by atoms with E-state index in [9.17, 15) is 13.2 Å². The van der Waals surface area contributed by atoms with Crippen LogP contribution in [0.1, 0.15) is 42.5 Å². The molecule has 2 aliphatic heterocycles. The first-order valence-corrected chi connectivity index (χ1v) is 11.1. The van der Waals surface area contributed by atoms with Gasteiger partial charge in [0.05, 0.1) is 7.11 Å². The van der Waals surface area contributed by atoms with Crippen LogP contribution in [-0.2, 0) is 10.0 Å². The highest BCUT2D eigenvalue weighted by molar-refractivity contribution is 7.89. The van der Waals surface area contributed by atoms with Gasteiger partial charge < -0.3 is 15.4 Å². The summed E-state index contributed by atoms with van der Waals surface area (Å²) in [4.78, 5) is 12.6. The molecule has 0 saturated carbocycles. The normalized spacial score (nSPS) is 20.4. The smallest absolute Gasteiger partial charge is 0.251 e. The number of methoxy groups -OCH3 is 1. The highest BCUT2D eigenvalue weighted by atomic mass is 35.5. The van der Waals surface area contributed by atoms with Crippen molar-refractivity contribution in [2.24, 2.45) is 5.92 Å². The molecule has 0 radical (unpaired) electrons. The SMILES string of the molecule is COc1ccc(C(=O)NCCC2CCCNC2)cc1S(=O)(=O)N1CCCC1.Cl. The van der Waals surface area contributed by atoms with Gasteiger partial charge in [-0.25, -0.2) is 8.42 Å². The van der Waals surface area contributed by atoms with Gasteiger partial charge in [-0.15, -0.1) is 12.4 Å². The lowest BCUT2D eigenvalue weighted by molar-refractivity contribution is 0.0950. The second-order valence-electron chi connectivity index (χ2n) is 7.23. The van der Waals surface area contributed by atoms with Gasteiger partial charge in [0.15, 0.2) is 0 Å². The molecule has 2 saturated heterocycles. The molecule has 1 unspecified atom stereocenters. The summed E-state index contributed by atoms with van der Waals surface area (Å²) in [6.45, 7) is 3.68. The van der Waals surface area contributed by atoms with Gasteiger partial charge in [0.25, 0.3) is 5.91 Å². The number of piperidine rings is 1. The number of amides is 1. The molecule has 2 N–H and O–H groups in total. The molecule has 0 aromatic heterocycles. The first-order valence-electron chi connectivity index (χ1n) is 9.69. The molecule has 1 aromatic carbocycles. The van der Waals surface area contributed by atoms with Gasteiger partial charge in [-0.1, -0.05) is 0 Å². The molecule has 1 atom stereocenters. The van der Waals surface area contributed by atoms with E-state index in [1.54, 1.807) is 12.1 Å². The number of ether oxygens (including phenoxy) is 1. The number of nitrogens with one attached hydrogen (secondary N) is 2. The Labute approximate surface area is 173 Å². The summed E-state index contributed by atoms with van der Waals surface area (Å²) in [5, 5.41) is 6.29. The number of halogens is 1. The average molecular weight is 432 g/mol. The van der Waals surface area contributed by atoms with Crippen LogP contribution in [0.3, 0.4) is 0 Å². The van der Waals surface area contributed by atoms with Crippen molar-refractivity contribution in [2.45, 2.75) is 37.0 Å². The lowest BCUT2D eigenvalue weighted by Crippen LogP contribution is -2.33. The predicted molar refractivity (Wildman–Crippen MR) is 111 cm³/mol. The molecule has 0 bridgehead atoms. The fourth-order valence-corrected chi connectivity index (χ4v) is 5.45. The Balaban J connectivity index is 0.00000280. The minimum atomic E-state index is -3.66. The second kappa shape index (κ2) is 10.4. The van der Waals surface area contributed by atoms with Gasteiger partial charge in [0.2, 0.25) is 10.0 Å². The molecule has 3 rings (SSSR count). The Kier molecular flexibility index (Phi) is 8.55. The van der Waals surface area contributed by atoms with E-state index in [0.29, 0.717) is 31.1 Å². The number of hydrogen-bond donors (Lipinski definition) is 2. The molecule has 28 heavy (non-hydrogen) atoms. The molecule has 2 heterocycles. The van der Waals surface area contributed by atoms with Crippen LogP contribution in [-0.4, -0.2) is 58.5 Å². The summed E-state index contributed by atoms with van der Waals surface area (Å²) in [5.41, 5.74) is 0.343. The second-order valence-corrected chi connectivity index (χ2v) is 9.14. The van der Waals surface area contributed by atoms with Crippen molar-refractivity contribution < 1.29 is 17.9 Å². The molecule has 2 aliphatic rings. The number of rotatable bonds is 7. The number of carbonyl (C=O) groups excluding carboxylic acids is 1. The number of sulfonamides is 1. The summed E-state index contributed by atoms with van der Waals surface area (Å²) in [6, 6.07) is 4.60. The van der Waals surface area contributed by atoms with E-state index in [-0.39, 0.29) is 29.0 Å². The number of hydrogen-bond acceptors (Lipinski definition) is 5. The highest BCUT2D eigenvalue weighted by Crippen LogP contribution is 2.29. The van der Waals surface area contributed by atoms with Crippen molar-refractivity contribution in [1.29, 1.82) is 0 Å². The summed E-state index contributed by atoms with van der Waals surface area (Å²) >= 11 is 0. The van der Waals surface area contributed by atoms with E-state index in [1.165, 1.54) is 30.3 Å². The monoisotopic (exact) mass is 431 g/mol. The van der Waals surface area contributed by atoms with Gasteiger partial charge in [-0.05, 0) is 69.3 Å². The molecular weight excluding hydrogens is 402 g/mol. The minimum Gasteiger partial charge on any atom is -0.495 e. The Morgan fingerprint density at radius 2 is 2.04 bits per heavy atom. The largest absolute Gasteiger partial charge is 0.495 e. The van der Waals surface area contributed by atoms with E-state index in [2.05, 4.69) is 10.6 Å². The van der Waals surface area contributed by atoms with Crippen LogP contribution in [0.2, 0.25) is 0 Å². The highest BCUT2D eigenvalue weighted by Gasteiger charge is 2.30. The van der Waals surface area contributed by atoms with Gasteiger partial charge in [-0.3, -0.25) is 4.79 Å². The summed E-state index contributed by atoms with van der Waals surface area (Å²) < 4.78 is 32.5. The molecule has 9 heteroatoms. The lowest BCUT2D eigenvalue weighted by Gasteiger charge is -2.22. The van der Waals surface area contributed by atoms with E-state index in [1.807, 2.05) is 0 Å². The van der Waals surface area contributed by atoms with Crippen LogP contribution in [0.4, 0.5) is 0 Å². The van der Waals surface area contributed by atoms with Gasteiger partial charge in [-0.2, -0.15) is 4.31 Å². The van der Waals surface area contributed by atoms with Crippen molar-refractivity contribution in [2.75, 3.05) is 39.8 Å². The van der Waals surface area contributed by atoms with Crippen molar-refractivity contribution >= 4 is 28.3 Å². The molecular formula is C19H30ClN3O4S. The zero-order chi connectivity index (χ0) is 19.3. The maximum Gasteiger partial charge on any atom is 0.251 e. The third-order valence-corrected chi connectivity index (χ3v) is 7.27. The minimum absolute atomic E-state index is 0. The van der Waals surface area contributed by atoms with Crippen molar-refractivity contribution in [3.63, 3.8) is 0 Å². The lowest BCUT2D eigenvalue weighted by atomic mass is 9.96. The van der Waals surface area contributed by atoms with Crippen molar-refractivity contribution in [1.82, 2.24) is 14.9 Å². The third-order valence-electron chi connectivity index (χ3n) is 5.35. The number of nitrogens with zero attached hydrogens (tertiary/aromatic N) is 1. The van der Waals surface area contributed by atoms with Crippen LogP contribution < -0.4 is 15.4 Å². The number of benzene rings is 1. The molecule has 7 nitrogen and oxygen atoms in total. The first-order chi connectivity index (χ1) is 13.0. The first kappa shape index (κ1) is 22.9. The molecule has 1 amide bonds. The summed E-state index contributed by atoms with van der Waals surface area (Å²) in [7, 11) is -2.21. The zero-order valence-corrected chi connectivity index (χ0v) is 17.9.